The van der Waals surface area contributed by atoms with Gasteiger partial charge in [-0.2, -0.15) is 11.8 Å². The van der Waals surface area contributed by atoms with E-state index in [0.29, 0.717) is 12.3 Å². The average molecular weight is 307 g/mol. The van der Waals surface area contributed by atoms with Gasteiger partial charge in [-0.05, 0) is 18.5 Å². The summed E-state index contributed by atoms with van der Waals surface area (Å²) in [5.41, 5.74) is 1.15. The lowest BCUT2D eigenvalue weighted by Crippen LogP contribution is -2.46. The number of carbonyl (C=O) groups excluding carboxylic acids is 1. The topological polar surface area (TPSA) is 32.3 Å². The summed E-state index contributed by atoms with van der Waals surface area (Å²) in [5, 5.41) is 3.37. The number of amides is 1. The fraction of sp³-hybridized carbons (Fsp3) is 0.529. The highest BCUT2D eigenvalue weighted by Crippen LogP contribution is 2.07. The predicted molar refractivity (Wildman–Crippen MR) is 92.0 cm³/mol. The fourth-order valence-corrected chi connectivity index (χ4v) is 2.68. The lowest BCUT2D eigenvalue weighted by Gasteiger charge is -2.24. The van der Waals surface area contributed by atoms with Gasteiger partial charge in [0.2, 0.25) is 5.91 Å². The number of nitrogens with one attached hydrogen (secondary N) is 1. The molecule has 117 valence electrons. The minimum absolute atomic E-state index is 0.141. The van der Waals surface area contributed by atoms with Crippen molar-refractivity contribution in [1.82, 2.24) is 10.2 Å². The Bertz CT molecular complexity index is 397. The number of hydrogen-bond acceptors (Lipinski definition) is 3. The first-order valence-electron chi connectivity index (χ1n) is 7.58. The largest absolute Gasteiger partial charge is 0.340 e. The van der Waals surface area contributed by atoms with Gasteiger partial charge in [0.05, 0.1) is 6.04 Å². The second kappa shape index (κ2) is 10.7. The van der Waals surface area contributed by atoms with Crippen molar-refractivity contribution in [2.24, 2.45) is 0 Å². The van der Waals surface area contributed by atoms with Crippen molar-refractivity contribution in [1.29, 1.82) is 0 Å². The van der Waals surface area contributed by atoms with E-state index < -0.39 is 0 Å². The molecule has 1 aromatic rings. The van der Waals surface area contributed by atoms with Gasteiger partial charge in [-0.3, -0.25) is 4.79 Å². The zero-order chi connectivity index (χ0) is 15.5. The van der Waals surface area contributed by atoms with Crippen LogP contribution in [0.15, 0.2) is 30.3 Å². The lowest BCUT2D eigenvalue weighted by atomic mass is 10.2. The van der Waals surface area contributed by atoms with Gasteiger partial charge in [-0.25, -0.2) is 0 Å². The van der Waals surface area contributed by atoms with Crippen molar-refractivity contribution in [3.8, 4) is 0 Å². The SMILES string of the molecule is [CH2]SC[C@@H](NCCCCC)C(=O)N(C)Cc1ccccc1. The van der Waals surface area contributed by atoms with Crippen LogP contribution in [-0.4, -0.2) is 36.2 Å². The fourth-order valence-electron chi connectivity index (χ4n) is 2.19. The monoisotopic (exact) mass is 307 g/mol. The molecule has 3 nitrogen and oxygen atoms in total. The molecule has 0 aliphatic heterocycles. The van der Waals surface area contributed by atoms with E-state index in [1.54, 1.807) is 4.90 Å². The summed E-state index contributed by atoms with van der Waals surface area (Å²) < 4.78 is 0. The van der Waals surface area contributed by atoms with E-state index >= 15 is 0 Å². The second-order valence-electron chi connectivity index (χ2n) is 5.26. The summed E-state index contributed by atoms with van der Waals surface area (Å²) >= 11 is 1.47. The molecule has 1 atom stereocenters. The number of hydrogen-bond donors (Lipinski definition) is 1. The number of benzene rings is 1. The van der Waals surface area contributed by atoms with Gasteiger partial charge in [0, 0.05) is 25.6 Å². The van der Waals surface area contributed by atoms with E-state index in [1.165, 1.54) is 24.6 Å². The third kappa shape index (κ3) is 7.00. The smallest absolute Gasteiger partial charge is 0.240 e. The maximum absolute atomic E-state index is 12.5. The molecule has 0 bridgehead atoms. The maximum atomic E-state index is 12.5. The molecule has 1 N–H and O–H groups in total. The van der Waals surface area contributed by atoms with Crippen molar-refractivity contribution in [3.63, 3.8) is 0 Å². The molecule has 0 heterocycles. The highest BCUT2D eigenvalue weighted by Gasteiger charge is 2.20. The summed E-state index contributed by atoms with van der Waals surface area (Å²) in [6.45, 7) is 3.72. The standard InChI is InChI=1S/C17H27N2OS/c1-4-5-9-12-18-16(14-21-3)17(20)19(2)13-15-10-7-6-8-11-15/h6-8,10-11,16,18H,3-5,9,12-14H2,1-2H3/t16-/m1/s1. The molecule has 0 saturated heterocycles. The average Bonchev–Trinajstić information content (AvgIpc) is 2.50. The first-order valence-corrected chi connectivity index (χ1v) is 8.73. The van der Waals surface area contributed by atoms with Crippen molar-refractivity contribution >= 4 is 17.7 Å². The van der Waals surface area contributed by atoms with E-state index in [1.807, 2.05) is 37.4 Å². The molecular formula is C17H27N2OS. The zero-order valence-electron chi connectivity index (χ0n) is 13.2. The Kier molecular flexibility index (Phi) is 9.19. The summed E-state index contributed by atoms with van der Waals surface area (Å²) in [6.07, 6.45) is 7.31. The van der Waals surface area contributed by atoms with Crippen LogP contribution in [0.25, 0.3) is 0 Å². The van der Waals surface area contributed by atoms with Gasteiger partial charge in [-0.15, -0.1) is 0 Å². The Hall–Kier alpha value is -1.00. The first kappa shape index (κ1) is 18.1. The molecule has 0 unspecified atom stereocenters. The summed E-state index contributed by atoms with van der Waals surface area (Å²) in [4.78, 5) is 14.3. The predicted octanol–water partition coefficient (Wildman–Crippen LogP) is 3.32. The highest BCUT2D eigenvalue weighted by molar-refractivity contribution is 8.00. The molecule has 0 spiro atoms. The van der Waals surface area contributed by atoms with Crippen LogP contribution in [0.5, 0.6) is 0 Å². The van der Waals surface area contributed by atoms with Crippen molar-refractivity contribution in [2.45, 2.75) is 38.8 Å². The highest BCUT2D eigenvalue weighted by atomic mass is 32.2. The molecule has 0 aliphatic rings. The Labute approximate surface area is 133 Å². The van der Waals surface area contributed by atoms with E-state index in [2.05, 4.69) is 18.5 Å². The molecular weight excluding hydrogens is 280 g/mol. The van der Waals surface area contributed by atoms with Crippen molar-refractivity contribution in [3.05, 3.63) is 42.2 Å². The Morgan fingerprint density at radius 3 is 2.67 bits per heavy atom. The minimum atomic E-state index is -0.141. The van der Waals surface area contributed by atoms with E-state index in [4.69, 9.17) is 0 Å². The third-order valence-electron chi connectivity index (χ3n) is 3.39. The number of unbranched alkanes of at least 4 members (excludes halogenated alkanes) is 2. The molecule has 0 aromatic heterocycles. The molecule has 21 heavy (non-hydrogen) atoms. The number of thioether (sulfide) groups is 1. The quantitative estimate of drug-likeness (QED) is 0.673. The Morgan fingerprint density at radius 2 is 2.05 bits per heavy atom. The molecule has 0 fully saturated rings. The molecule has 1 radical (unpaired) electrons. The van der Waals surface area contributed by atoms with Crippen LogP contribution in [0.4, 0.5) is 0 Å². The van der Waals surface area contributed by atoms with Crippen LogP contribution in [0.2, 0.25) is 0 Å². The van der Waals surface area contributed by atoms with Gasteiger partial charge >= 0.3 is 0 Å². The van der Waals surface area contributed by atoms with Crippen molar-refractivity contribution < 1.29 is 4.79 Å². The minimum Gasteiger partial charge on any atom is -0.340 e. The zero-order valence-corrected chi connectivity index (χ0v) is 14.0. The normalized spacial score (nSPS) is 12.1. The molecule has 1 aromatic carbocycles. The van der Waals surface area contributed by atoms with Crippen LogP contribution < -0.4 is 5.32 Å². The number of rotatable bonds is 10. The van der Waals surface area contributed by atoms with Gasteiger partial charge in [0.15, 0.2) is 0 Å². The summed E-state index contributed by atoms with van der Waals surface area (Å²) in [7, 11) is 1.86. The van der Waals surface area contributed by atoms with Gasteiger partial charge in [0.1, 0.15) is 0 Å². The van der Waals surface area contributed by atoms with Gasteiger partial charge < -0.3 is 10.2 Å². The van der Waals surface area contributed by atoms with Crippen LogP contribution in [0, 0.1) is 6.26 Å². The third-order valence-corrected chi connectivity index (χ3v) is 3.96. The maximum Gasteiger partial charge on any atom is 0.240 e. The second-order valence-corrected chi connectivity index (χ2v) is 6.01. The number of nitrogens with zero attached hydrogens (tertiary/aromatic N) is 1. The summed E-state index contributed by atoms with van der Waals surface area (Å²) in [5.74, 6) is 0.857. The van der Waals surface area contributed by atoms with Crippen molar-refractivity contribution in [2.75, 3.05) is 19.3 Å². The molecule has 1 rings (SSSR count). The van der Waals surface area contributed by atoms with E-state index in [0.717, 1.165) is 18.5 Å². The van der Waals surface area contributed by atoms with Crippen LogP contribution in [0.3, 0.4) is 0 Å². The van der Waals surface area contributed by atoms with E-state index in [-0.39, 0.29) is 11.9 Å². The van der Waals surface area contributed by atoms with Crippen LogP contribution in [0.1, 0.15) is 31.7 Å². The summed E-state index contributed by atoms with van der Waals surface area (Å²) in [6, 6.07) is 9.94. The lowest BCUT2D eigenvalue weighted by molar-refractivity contribution is -0.132. The molecule has 0 saturated carbocycles. The van der Waals surface area contributed by atoms with E-state index in [9.17, 15) is 4.79 Å². The first-order chi connectivity index (χ1) is 10.2. The van der Waals surface area contributed by atoms with Crippen LogP contribution in [-0.2, 0) is 11.3 Å². The Morgan fingerprint density at radius 1 is 1.33 bits per heavy atom. The van der Waals surface area contributed by atoms with Gasteiger partial charge in [0.25, 0.3) is 0 Å². The number of carbonyl (C=O) groups is 1. The molecule has 0 aliphatic carbocycles. The van der Waals surface area contributed by atoms with Crippen LogP contribution >= 0.6 is 11.8 Å². The number of likely N-dealkylation sites (N-methyl/N-ethyl adjacent to an activating group) is 1. The van der Waals surface area contributed by atoms with Gasteiger partial charge in [-0.1, -0.05) is 50.1 Å². The Balaban J connectivity index is 2.49. The molecule has 4 heteroatoms. The molecule has 1 amide bonds.